The van der Waals surface area contributed by atoms with Gasteiger partial charge in [-0.15, -0.1) is 0 Å². The fourth-order valence-corrected chi connectivity index (χ4v) is 9.55. The Morgan fingerprint density at radius 1 is 0.438 bits per heavy atom. The molecule has 4 saturated heterocycles. The minimum absolute atomic E-state index is 0.0518. The Morgan fingerprint density at radius 2 is 0.795 bits per heavy atom. The second kappa shape index (κ2) is 31.9. The maximum absolute atomic E-state index is 13.3. The SMILES string of the molecule is CCCCCCCC/C=C\CCCCCCCC(=O)N[C@H]1C(O)[C@H](O)[C@@H](CO)O[C@H]1O[C@H]1C(O)[C@@H](NC(C)=O)[C@H](O[C@H]2C(O)[C@H](NC(C)=O)[C@H](O[C@H]3C(O)[C@@H](NC(C)=O)C(O)O[C@@H]3CO)O[C@@H]2CO)O[C@@H]1CO. The standard InChI is InChI=1S/C48H84N4O21/c1-5-6-7-8-9-10-11-12-13-14-15-16-17-18-19-20-32(60)52-34-38(62)37(61)28(21-53)68-46(34)72-43-30(23-55)70-48(36(40(43)64)51-27(4)59)73-44-31(24-56)69-47(35(41(44)65)50-26(3)58)71-42-29(22-54)67-45(66)33(39(42)63)49-25(2)57/h12-13,28-31,33-48,53-56,61-66H,5-11,14-24H2,1-4H3,(H,49,57)(H,50,58)(H,51,59)(H,52,60)/b13-12-/t28-,29-,30-,31-,33-,34+,35+,36-,37-,38?,39?,40?,41?,42-,43-,44-,45?,46+,47+,48+/m1/s1. The van der Waals surface area contributed by atoms with Crippen molar-refractivity contribution in [2.45, 2.75) is 240 Å². The van der Waals surface area contributed by atoms with E-state index in [1.807, 2.05) is 0 Å². The molecule has 422 valence electrons. The zero-order valence-corrected chi connectivity index (χ0v) is 42.4. The second-order valence-electron chi connectivity index (χ2n) is 19.3. The van der Waals surface area contributed by atoms with E-state index in [0.29, 0.717) is 6.42 Å². The molecule has 20 atom stereocenters. The highest BCUT2D eigenvalue weighted by atomic mass is 16.8. The molecule has 4 fully saturated rings. The Labute approximate surface area is 426 Å². The molecule has 4 aliphatic heterocycles. The van der Waals surface area contributed by atoms with Gasteiger partial charge in [0.1, 0.15) is 97.4 Å². The van der Waals surface area contributed by atoms with Gasteiger partial charge < -0.3 is 105 Å². The molecular weight excluding hydrogens is 969 g/mol. The Balaban J connectivity index is 1.44. The quantitative estimate of drug-likeness (QED) is 0.0260. The number of rotatable bonds is 29. The summed E-state index contributed by atoms with van der Waals surface area (Å²) in [5, 5.41) is 119. The summed E-state index contributed by atoms with van der Waals surface area (Å²) < 4.78 is 41.4. The number of nitrogens with one attached hydrogen (secondary N) is 4. The van der Waals surface area contributed by atoms with E-state index in [2.05, 4.69) is 40.3 Å². The van der Waals surface area contributed by atoms with Crippen LogP contribution in [0.4, 0.5) is 0 Å². The molecule has 4 amide bonds. The third kappa shape index (κ3) is 18.3. The van der Waals surface area contributed by atoms with Crippen LogP contribution in [0, 0.1) is 0 Å². The summed E-state index contributed by atoms with van der Waals surface area (Å²) in [5.41, 5.74) is 0. The Hall–Kier alpha value is -3.06. The number of aliphatic hydroxyl groups is 10. The van der Waals surface area contributed by atoms with Crippen molar-refractivity contribution >= 4 is 23.6 Å². The fraction of sp³-hybridized carbons (Fsp3) is 0.875. The highest BCUT2D eigenvalue weighted by Gasteiger charge is 2.56. The Bertz CT molecular complexity index is 1690. The molecule has 73 heavy (non-hydrogen) atoms. The minimum atomic E-state index is -1.90. The van der Waals surface area contributed by atoms with E-state index in [1.54, 1.807) is 0 Å². The lowest BCUT2D eigenvalue weighted by Gasteiger charge is -2.51. The third-order valence-corrected chi connectivity index (χ3v) is 13.4. The summed E-state index contributed by atoms with van der Waals surface area (Å²) in [4.78, 5) is 50.3. The molecule has 4 aliphatic rings. The number of allylic oxidation sites excluding steroid dienone is 2. The van der Waals surface area contributed by atoms with Gasteiger partial charge in [-0.25, -0.2) is 0 Å². The van der Waals surface area contributed by atoms with Crippen molar-refractivity contribution in [1.82, 2.24) is 21.3 Å². The van der Waals surface area contributed by atoms with Gasteiger partial charge >= 0.3 is 0 Å². The molecule has 4 rings (SSSR count). The zero-order chi connectivity index (χ0) is 53.8. The zero-order valence-electron chi connectivity index (χ0n) is 42.4. The van der Waals surface area contributed by atoms with Gasteiger partial charge in [0.25, 0.3) is 0 Å². The van der Waals surface area contributed by atoms with Gasteiger partial charge in [-0.2, -0.15) is 0 Å². The monoisotopic (exact) mass is 1050 g/mol. The molecule has 0 radical (unpaired) electrons. The lowest BCUT2D eigenvalue weighted by Crippen LogP contribution is -2.71. The summed E-state index contributed by atoms with van der Waals surface area (Å²) in [7, 11) is 0. The van der Waals surface area contributed by atoms with E-state index >= 15 is 0 Å². The van der Waals surface area contributed by atoms with Crippen molar-refractivity contribution in [2.75, 3.05) is 26.4 Å². The van der Waals surface area contributed by atoms with Crippen LogP contribution >= 0.6 is 0 Å². The number of ether oxygens (including phenoxy) is 7. The van der Waals surface area contributed by atoms with Crippen LogP contribution < -0.4 is 21.3 Å². The first-order valence-electron chi connectivity index (χ1n) is 25.8. The van der Waals surface area contributed by atoms with Crippen molar-refractivity contribution in [3.63, 3.8) is 0 Å². The van der Waals surface area contributed by atoms with E-state index in [1.165, 1.54) is 38.5 Å². The topological polar surface area (TPSA) is 383 Å². The smallest absolute Gasteiger partial charge is 0.220 e. The first-order valence-corrected chi connectivity index (χ1v) is 25.8. The predicted octanol–water partition coefficient (Wildman–Crippen LogP) is -3.16. The summed E-state index contributed by atoms with van der Waals surface area (Å²) in [6.07, 6.45) is -8.64. The molecule has 14 N–H and O–H groups in total. The van der Waals surface area contributed by atoms with E-state index in [9.17, 15) is 70.2 Å². The minimum Gasteiger partial charge on any atom is -0.394 e. The molecule has 5 unspecified atom stereocenters. The molecule has 25 heteroatoms. The molecule has 4 heterocycles. The van der Waals surface area contributed by atoms with E-state index in [-0.39, 0.29) is 6.42 Å². The number of amides is 4. The van der Waals surface area contributed by atoms with Crippen LogP contribution in [0.25, 0.3) is 0 Å². The van der Waals surface area contributed by atoms with Gasteiger partial charge in [0, 0.05) is 27.2 Å². The van der Waals surface area contributed by atoms with Crippen LogP contribution in [0.2, 0.25) is 0 Å². The van der Waals surface area contributed by atoms with Gasteiger partial charge in [-0.1, -0.05) is 70.4 Å². The normalized spacial score (nSPS) is 36.9. The summed E-state index contributed by atoms with van der Waals surface area (Å²) >= 11 is 0. The van der Waals surface area contributed by atoms with E-state index in [4.69, 9.17) is 33.2 Å². The molecule has 25 nitrogen and oxygen atoms in total. The van der Waals surface area contributed by atoms with Crippen molar-refractivity contribution < 1.29 is 103 Å². The highest BCUT2D eigenvalue weighted by Crippen LogP contribution is 2.34. The van der Waals surface area contributed by atoms with Crippen LogP contribution in [0.15, 0.2) is 12.2 Å². The van der Waals surface area contributed by atoms with Gasteiger partial charge in [-0.05, 0) is 32.1 Å². The van der Waals surface area contributed by atoms with Crippen molar-refractivity contribution in [2.24, 2.45) is 0 Å². The van der Waals surface area contributed by atoms with Crippen LogP contribution in [-0.2, 0) is 52.3 Å². The van der Waals surface area contributed by atoms with Crippen LogP contribution in [0.5, 0.6) is 0 Å². The number of hydrogen-bond acceptors (Lipinski definition) is 21. The Morgan fingerprint density at radius 3 is 1.22 bits per heavy atom. The Kier molecular flexibility index (Phi) is 27.3. The largest absolute Gasteiger partial charge is 0.394 e. The van der Waals surface area contributed by atoms with Crippen molar-refractivity contribution in [1.29, 1.82) is 0 Å². The average molecular weight is 1050 g/mol. The van der Waals surface area contributed by atoms with Crippen molar-refractivity contribution in [3.8, 4) is 0 Å². The van der Waals surface area contributed by atoms with Crippen LogP contribution in [-0.4, -0.2) is 224 Å². The van der Waals surface area contributed by atoms with Gasteiger partial charge in [0.15, 0.2) is 25.2 Å². The molecule has 0 aromatic heterocycles. The maximum atomic E-state index is 13.3. The predicted molar refractivity (Wildman–Crippen MR) is 254 cm³/mol. The summed E-state index contributed by atoms with van der Waals surface area (Å²) in [6.45, 7) is 2.04. The summed E-state index contributed by atoms with van der Waals surface area (Å²) in [6, 6.07) is -6.17. The van der Waals surface area contributed by atoms with Crippen LogP contribution in [0.1, 0.15) is 118 Å². The highest BCUT2D eigenvalue weighted by molar-refractivity contribution is 5.76. The molecule has 0 aromatic carbocycles. The molecule has 0 saturated carbocycles. The molecular formula is C48H84N4O21. The number of carbonyl (C=O) groups excluding carboxylic acids is 4. The number of carbonyl (C=O) groups is 4. The average Bonchev–Trinajstić information content (AvgIpc) is 3.35. The molecule has 0 aromatic rings. The number of unbranched alkanes of at least 4 members (excludes halogenated alkanes) is 11. The first-order chi connectivity index (χ1) is 34.9. The summed E-state index contributed by atoms with van der Waals surface area (Å²) in [5.74, 6) is -2.66. The van der Waals surface area contributed by atoms with Gasteiger partial charge in [-0.3, -0.25) is 19.2 Å². The molecule has 0 spiro atoms. The van der Waals surface area contributed by atoms with Crippen LogP contribution in [0.3, 0.4) is 0 Å². The van der Waals surface area contributed by atoms with Crippen molar-refractivity contribution in [3.05, 3.63) is 12.2 Å². The third-order valence-electron chi connectivity index (χ3n) is 13.4. The van der Waals surface area contributed by atoms with E-state index < -0.39 is 173 Å². The van der Waals surface area contributed by atoms with Gasteiger partial charge in [0.2, 0.25) is 23.6 Å². The maximum Gasteiger partial charge on any atom is 0.220 e. The fourth-order valence-electron chi connectivity index (χ4n) is 9.55. The number of aliphatic hydroxyl groups excluding tert-OH is 10. The number of hydrogen-bond donors (Lipinski definition) is 14. The first kappa shape index (κ1) is 62.5. The molecule has 0 aliphatic carbocycles. The second-order valence-corrected chi connectivity index (χ2v) is 19.3. The lowest BCUT2D eigenvalue weighted by atomic mass is 9.93. The lowest BCUT2D eigenvalue weighted by molar-refractivity contribution is -0.362. The van der Waals surface area contributed by atoms with E-state index in [0.717, 1.165) is 59.3 Å². The molecule has 0 bridgehead atoms. The van der Waals surface area contributed by atoms with Gasteiger partial charge in [0.05, 0.1) is 26.4 Å².